The zero-order valence-electron chi connectivity index (χ0n) is 11.3. The Morgan fingerprint density at radius 3 is 2.70 bits per heavy atom. The molecule has 0 spiro atoms. The molecule has 0 radical (unpaired) electrons. The average Bonchev–Trinajstić information content (AvgIpc) is 2.45. The van der Waals surface area contributed by atoms with Gasteiger partial charge < -0.3 is 10.1 Å². The molecular formula is C16H17BrClNO. The van der Waals surface area contributed by atoms with Crippen LogP contribution in [0.1, 0.15) is 18.1 Å². The Bertz CT molecular complexity index is 574. The quantitative estimate of drug-likeness (QED) is 0.805. The molecule has 0 unspecified atom stereocenters. The predicted molar refractivity (Wildman–Crippen MR) is 87.3 cm³/mol. The Morgan fingerprint density at radius 2 is 1.95 bits per heavy atom. The summed E-state index contributed by atoms with van der Waals surface area (Å²) in [5, 5.41) is 4.02. The van der Waals surface area contributed by atoms with Gasteiger partial charge in [-0.25, -0.2) is 0 Å². The molecule has 0 fully saturated rings. The van der Waals surface area contributed by atoms with Gasteiger partial charge in [0.15, 0.2) is 0 Å². The van der Waals surface area contributed by atoms with Crippen molar-refractivity contribution in [2.24, 2.45) is 0 Å². The van der Waals surface area contributed by atoms with E-state index in [9.17, 15) is 0 Å². The highest BCUT2D eigenvalue weighted by Gasteiger charge is 2.06. The molecule has 2 nitrogen and oxygen atoms in total. The Kier molecular flexibility index (Phi) is 5.89. The summed E-state index contributed by atoms with van der Waals surface area (Å²) in [5.74, 6) is 0.867. The summed E-state index contributed by atoms with van der Waals surface area (Å²) in [6, 6.07) is 13.8. The number of hydrogen-bond acceptors (Lipinski definition) is 2. The van der Waals surface area contributed by atoms with Crippen molar-refractivity contribution >= 4 is 27.5 Å². The third kappa shape index (κ3) is 4.23. The van der Waals surface area contributed by atoms with Crippen LogP contribution in [-0.4, -0.2) is 6.54 Å². The summed E-state index contributed by atoms with van der Waals surface area (Å²) in [7, 11) is 0. The fourth-order valence-corrected chi connectivity index (χ4v) is 2.45. The van der Waals surface area contributed by atoms with Gasteiger partial charge >= 0.3 is 0 Å². The average molecular weight is 355 g/mol. The number of rotatable bonds is 6. The van der Waals surface area contributed by atoms with E-state index in [-0.39, 0.29) is 0 Å². The van der Waals surface area contributed by atoms with Crippen molar-refractivity contribution in [3.63, 3.8) is 0 Å². The Balaban J connectivity index is 2.10. The largest absolute Gasteiger partial charge is 0.489 e. The number of nitrogens with one attached hydrogen (secondary N) is 1. The first-order valence-corrected chi connectivity index (χ1v) is 7.73. The van der Waals surface area contributed by atoms with Gasteiger partial charge in [-0.2, -0.15) is 0 Å². The van der Waals surface area contributed by atoms with Crippen molar-refractivity contribution in [1.82, 2.24) is 5.32 Å². The minimum atomic E-state index is 0.530. The second kappa shape index (κ2) is 7.67. The first-order chi connectivity index (χ1) is 9.70. The van der Waals surface area contributed by atoms with Crippen molar-refractivity contribution in [2.75, 3.05) is 6.54 Å². The van der Waals surface area contributed by atoms with Crippen molar-refractivity contribution in [2.45, 2.75) is 20.1 Å². The highest BCUT2D eigenvalue weighted by molar-refractivity contribution is 9.10. The Labute approximate surface area is 133 Å². The van der Waals surface area contributed by atoms with Gasteiger partial charge in [-0.1, -0.05) is 52.7 Å². The second-order valence-corrected chi connectivity index (χ2v) is 5.70. The maximum atomic E-state index is 6.05. The molecule has 4 heteroatoms. The fraction of sp³-hybridized carbons (Fsp3) is 0.250. The van der Waals surface area contributed by atoms with Gasteiger partial charge in [0.2, 0.25) is 0 Å². The monoisotopic (exact) mass is 353 g/mol. The molecule has 0 saturated heterocycles. The SMILES string of the molecule is CCNCc1cc(Cl)ccc1OCc1ccccc1Br. The van der Waals surface area contributed by atoms with E-state index < -0.39 is 0 Å². The van der Waals surface area contributed by atoms with Crippen LogP contribution in [0.3, 0.4) is 0 Å². The lowest BCUT2D eigenvalue weighted by atomic mass is 10.2. The fourth-order valence-electron chi connectivity index (χ4n) is 1.86. The lowest BCUT2D eigenvalue weighted by molar-refractivity contribution is 0.301. The van der Waals surface area contributed by atoms with Crippen LogP contribution in [0, 0.1) is 0 Å². The van der Waals surface area contributed by atoms with E-state index in [2.05, 4.69) is 28.2 Å². The summed E-state index contributed by atoms with van der Waals surface area (Å²) in [6.45, 7) is 4.27. The van der Waals surface area contributed by atoms with Crippen molar-refractivity contribution < 1.29 is 4.74 Å². The van der Waals surface area contributed by atoms with Crippen LogP contribution in [0.4, 0.5) is 0 Å². The smallest absolute Gasteiger partial charge is 0.124 e. The van der Waals surface area contributed by atoms with Crippen LogP contribution < -0.4 is 10.1 Å². The molecule has 0 heterocycles. The molecule has 0 aromatic heterocycles. The molecule has 2 aromatic rings. The minimum absolute atomic E-state index is 0.530. The Morgan fingerprint density at radius 1 is 1.15 bits per heavy atom. The van der Waals surface area contributed by atoms with Crippen LogP contribution >= 0.6 is 27.5 Å². The molecule has 0 amide bonds. The molecule has 0 saturated carbocycles. The number of benzene rings is 2. The van der Waals surface area contributed by atoms with E-state index in [0.29, 0.717) is 6.61 Å². The van der Waals surface area contributed by atoms with Crippen LogP contribution in [0.25, 0.3) is 0 Å². The highest BCUT2D eigenvalue weighted by Crippen LogP contribution is 2.25. The van der Waals surface area contributed by atoms with E-state index in [1.54, 1.807) is 0 Å². The molecule has 0 atom stereocenters. The third-order valence-electron chi connectivity index (χ3n) is 2.93. The highest BCUT2D eigenvalue weighted by atomic mass is 79.9. The van der Waals surface area contributed by atoms with E-state index in [1.807, 2.05) is 42.5 Å². The minimum Gasteiger partial charge on any atom is -0.489 e. The maximum absolute atomic E-state index is 6.05. The van der Waals surface area contributed by atoms with Gasteiger partial charge in [0.05, 0.1) is 0 Å². The Hall–Kier alpha value is -1.03. The van der Waals surface area contributed by atoms with Gasteiger partial charge in [-0.3, -0.25) is 0 Å². The van der Waals surface area contributed by atoms with E-state index in [4.69, 9.17) is 16.3 Å². The lowest BCUT2D eigenvalue weighted by Crippen LogP contribution is -2.13. The van der Waals surface area contributed by atoms with Crippen LogP contribution in [0.15, 0.2) is 46.9 Å². The standard InChI is InChI=1S/C16H17BrClNO/c1-2-19-10-13-9-14(18)7-8-16(13)20-11-12-5-3-4-6-15(12)17/h3-9,19H,2,10-11H2,1H3. The molecule has 0 aliphatic heterocycles. The lowest BCUT2D eigenvalue weighted by Gasteiger charge is -2.13. The molecule has 2 aromatic carbocycles. The second-order valence-electron chi connectivity index (χ2n) is 4.41. The van der Waals surface area contributed by atoms with Crippen LogP contribution in [-0.2, 0) is 13.2 Å². The van der Waals surface area contributed by atoms with E-state index in [1.165, 1.54) is 0 Å². The molecule has 0 aliphatic carbocycles. The molecule has 20 heavy (non-hydrogen) atoms. The summed E-state index contributed by atoms with van der Waals surface area (Å²) in [6.07, 6.45) is 0. The molecular weight excluding hydrogens is 338 g/mol. The normalized spacial score (nSPS) is 10.6. The van der Waals surface area contributed by atoms with Crippen molar-refractivity contribution in [3.05, 3.63) is 63.1 Å². The third-order valence-corrected chi connectivity index (χ3v) is 3.94. The van der Waals surface area contributed by atoms with Gasteiger partial charge in [0, 0.05) is 27.2 Å². The molecule has 0 bridgehead atoms. The van der Waals surface area contributed by atoms with Crippen molar-refractivity contribution in [3.8, 4) is 5.75 Å². The zero-order chi connectivity index (χ0) is 14.4. The summed E-state index contributed by atoms with van der Waals surface area (Å²) in [5.41, 5.74) is 2.20. The summed E-state index contributed by atoms with van der Waals surface area (Å²) in [4.78, 5) is 0. The van der Waals surface area contributed by atoms with Crippen LogP contribution in [0.2, 0.25) is 5.02 Å². The van der Waals surface area contributed by atoms with Gasteiger partial charge in [0.1, 0.15) is 12.4 Å². The zero-order valence-corrected chi connectivity index (χ0v) is 13.7. The van der Waals surface area contributed by atoms with Gasteiger partial charge in [-0.05, 0) is 30.8 Å². The maximum Gasteiger partial charge on any atom is 0.124 e. The first kappa shape index (κ1) is 15.4. The molecule has 2 rings (SSSR count). The molecule has 106 valence electrons. The topological polar surface area (TPSA) is 21.3 Å². The predicted octanol–water partition coefficient (Wildman–Crippen LogP) is 4.79. The number of ether oxygens (including phenoxy) is 1. The summed E-state index contributed by atoms with van der Waals surface area (Å²) < 4.78 is 6.99. The number of halogens is 2. The molecule has 1 N–H and O–H groups in total. The van der Waals surface area contributed by atoms with Gasteiger partial charge in [-0.15, -0.1) is 0 Å². The first-order valence-electron chi connectivity index (χ1n) is 6.56. The van der Waals surface area contributed by atoms with Gasteiger partial charge in [0.25, 0.3) is 0 Å². The van der Waals surface area contributed by atoms with E-state index >= 15 is 0 Å². The molecule has 0 aliphatic rings. The van der Waals surface area contributed by atoms with Crippen LogP contribution in [0.5, 0.6) is 5.75 Å². The van der Waals surface area contributed by atoms with Crippen molar-refractivity contribution in [1.29, 1.82) is 0 Å². The summed E-state index contributed by atoms with van der Waals surface area (Å²) >= 11 is 9.58. The van der Waals surface area contributed by atoms with E-state index in [0.717, 1.165) is 39.5 Å². The number of hydrogen-bond donors (Lipinski definition) is 1.